The van der Waals surface area contributed by atoms with Crippen molar-refractivity contribution < 1.29 is 32.9 Å². The highest BCUT2D eigenvalue weighted by atomic mass is 31.2. The van der Waals surface area contributed by atoms with Gasteiger partial charge < -0.3 is 28.8 Å². The van der Waals surface area contributed by atoms with Crippen LogP contribution in [0.25, 0.3) is 0 Å². The number of carbonyl (C=O) groups excluding carboxylic acids is 1. The lowest BCUT2D eigenvalue weighted by atomic mass is 10.0. The molecule has 0 rings (SSSR count). The van der Waals surface area contributed by atoms with E-state index in [4.69, 9.17) is 9.05 Å². The number of phosphoric acid groups is 1. The first kappa shape index (κ1) is 58.7. The molecule has 0 aliphatic rings. The van der Waals surface area contributed by atoms with E-state index in [1.807, 2.05) is 27.2 Å². The predicted octanol–water partition coefficient (Wildman–Crippen LogP) is 14.0. The zero-order valence-corrected chi connectivity index (χ0v) is 41.1. The molecule has 0 heterocycles. The number of carbonyl (C=O) groups is 1. The number of quaternary nitrogens is 1. The van der Waals surface area contributed by atoms with Gasteiger partial charge in [-0.15, -0.1) is 0 Å². The fourth-order valence-corrected chi connectivity index (χ4v) is 8.02. The molecule has 9 heteroatoms. The van der Waals surface area contributed by atoms with E-state index < -0.39 is 20.0 Å². The van der Waals surface area contributed by atoms with E-state index in [1.165, 1.54) is 167 Å². The fraction of sp³-hybridized carbons (Fsp3) is 0.863. The minimum absolute atomic E-state index is 0.000703. The summed E-state index contributed by atoms with van der Waals surface area (Å²) in [6, 6.07) is -0.885. The van der Waals surface area contributed by atoms with Gasteiger partial charge in [-0.1, -0.05) is 211 Å². The first-order valence-electron chi connectivity index (χ1n) is 25.4. The number of amides is 1. The number of hydrogen-bond donors (Lipinski definition) is 2. The number of nitrogens with one attached hydrogen (secondary N) is 1. The number of rotatable bonds is 46. The molecule has 0 aliphatic heterocycles. The van der Waals surface area contributed by atoms with Crippen molar-refractivity contribution in [3.63, 3.8) is 0 Å². The van der Waals surface area contributed by atoms with Crippen molar-refractivity contribution in [2.24, 2.45) is 0 Å². The molecule has 0 aromatic heterocycles. The van der Waals surface area contributed by atoms with Crippen LogP contribution in [0.2, 0.25) is 0 Å². The monoisotopic (exact) mass is 867 g/mol. The molecule has 0 fully saturated rings. The van der Waals surface area contributed by atoms with Crippen LogP contribution in [0, 0.1) is 0 Å². The second kappa shape index (κ2) is 43.0. The van der Waals surface area contributed by atoms with Crippen LogP contribution in [0.15, 0.2) is 36.5 Å². The molecule has 1 amide bonds. The maximum atomic E-state index is 12.9. The highest BCUT2D eigenvalue weighted by Gasteiger charge is 2.23. The van der Waals surface area contributed by atoms with Gasteiger partial charge in [0.2, 0.25) is 5.91 Å². The Kier molecular flexibility index (Phi) is 42.1. The molecule has 2 N–H and O–H groups in total. The lowest BCUT2D eigenvalue weighted by Gasteiger charge is -2.29. The average Bonchev–Trinajstić information content (AvgIpc) is 3.20. The summed E-state index contributed by atoms with van der Waals surface area (Å²) >= 11 is 0. The summed E-state index contributed by atoms with van der Waals surface area (Å²) in [7, 11) is 1.26. The molecule has 3 atom stereocenters. The molecule has 0 aromatic carbocycles. The lowest BCUT2D eigenvalue weighted by Crippen LogP contribution is -2.45. The summed E-state index contributed by atoms with van der Waals surface area (Å²) in [5.74, 6) is -0.198. The summed E-state index contributed by atoms with van der Waals surface area (Å²) < 4.78 is 23.2. The van der Waals surface area contributed by atoms with Crippen LogP contribution in [0.1, 0.15) is 232 Å². The highest BCUT2D eigenvalue weighted by molar-refractivity contribution is 7.45. The number of unbranched alkanes of at least 4 members (excludes halogenated alkanes) is 29. The van der Waals surface area contributed by atoms with Gasteiger partial charge in [0.25, 0.3) is 7.82 Å². The third-order valence-electron chi connectivity index (χ3n) is 11.3. The number of allylic oxidation sites excluding steroid dienone is 5. The van der Waals surface area contributed by atoms with E-state index >= 15 is 0 Å². The van der Waals surface area contributed by atoms with Gasteiger partial charge in [-0.2, -0.15) is 0 Å². The Labute approximate surface area is 372 Å². The number of aliphatic hydroxyl groups excluding tert-OH is 1. The van der Waals surface area contributed by atoms with E-state index in [9.17, 15) is 19.4 Å². The second-order valence-electron chi connectivity index (χ2n) is 18.5. The third kappa shape index (κ3) is 44.8. The zero-order valence-electron chi connectivity index (χ0n) is 40.2. The molecule has 0 radical (unpaired) electrons. The van der Waals surface area contributed by atoms with Gasteiger partial charge in [0, 0.05) is 6.42 Å². The maximum Gasteiger partial charge on any atom is 0.268 e. The molecule has 0 aromatic rings. The van der Waals surface area contributed by atoms with Crippen LogP contribution in [0.4, 0.5) is 0 Å². The van der Waals surface area contributed by atoms with Gasteiger partial charge >= 0.3 is 0 Å². The molecular formula is C51H99N2O6P. The Morgan fingerprint density at radius 1 is 0.583 bits per heavy atom. The van der Waals surface area contributed by atoms with Crippen molar-refractivity contribution in [2.45, 2.75) is 244 Å². The standard InChI is InChI=1S/C51H99N2O6P/c1-6-8-10-12-14-16-18-20-21-22-23-24-25-26-27-28-29-30-31-33-35-37-39-41-43-45-51(55)52-49(48-59-60(56,57)58-47-46-53(3,4)5)50(54)44-42-40-38-36-34-32-19-17-15-13-11-9-7-2/h18,20,22-23,42,44,49-50,54H,6-17,19,21,24-41,43,45-48H2,1-5H3,(H-,52,55,56,57)/b20-18-,23-22-,44-42+. The van der Waals surface area contributed by atoms with E-state index in [0.717, 1.165) is 44.9 Å². The minimum atomic E-state index is -4.59. The maximum absolute atomic E-state index is 12.9. The smallest absolute Gasteiger partial charge is 0.268 e. The van der Waals surface area contributed by atoms with Gasteiger partial charge in [-0.3, -0.25) is 9.36 Å². The van der Waals surface area contributed by atoms with E-state index in [2.05, 4.69) is 43.5 Å². The molecular weight excluding hydrogens is 768 g/mol. The zero-order chi connectivity index (χ0) is 44.3. The first-order chi connectivity index (χ1) is 29.0. The van der Waals surface area contributed by atoms with E-state index in [1.54, 1.807) is 6.08 Å². The van der Waals surface area contributed by atoms with Gasteiger partial charge in [-0.05, 0) is 51.4 Å². The number of nitrogens with zero attached hydrogens (tertiary/aromatic N) is 1. The van der Waals surface area contributed by atoms with Crippen molar-refractivity contribution in [1.29, 1.82) is 0 Å². The fourth-order valence-electron chi connectivity index (χ4n) is 7.30. The summed E-state index contributed by atoms with van der Waals surface area (Å²) in [5.41, 5.74) is 0. The highest BCUT2D eigenvalue weighted by Crippen LogP contribution is 2.38. The largest absolute Gasteiger partial charge is 0.756 e. The molecule has 354 valence electrons. The van der Waals surface area contributed by atoms with Crippen molar-refractivity contribution in [1.82, 2.24) is 5.32 Å². The van der Waals surface area contributed by atoms with Gasteiger partial charge in [0.1, 0.15) is 13.2 Å². The third-order valence-corrected chi connectivity index (χ3v) is 12.3. The number of likely N-dealkylation sites (N-methyl/N-ethyl adjacent to an activating group) is 1. The Bertz CT molecular complexity index is 1070. The molecule has 8 nitrogen and oxygen atoms in total. The SMILES string of the molecule is CCCCCCC/C=C\C/C=C\CCCCCCCCCCCCCCCC(=O)NC(COP(=O)([O-])OCC[N+](C)(C)C)C(O)/C=C/CCCCCCCCCCCCC. The van der Waals surface area contributed by atoms with E-state index in [0.29, 0.717) is 17.4 Å². The first-order valence-corrected chi connectivity index (χ1v) is 26.8. The van der Waals surface area contributed by atoms with Crippen LogP contribution >= 0.6 is 7.82 Å². The molecule has 0 saturated carbocycles. The molecule has 60 heavy (non-hydrogen) atoms. The molecule has 0 aliphatic carbocycles. The van der Waals surface area contributed by atoms with Crippen molar-refractivity contribution >= 4 is 13.7 Å². The van der Waals surface area contributed by atoms with Crippen molar-refractivity contribution in [2.75, 3.05) is 40.9 Å². The summed E-state index contributed by atoms with van der Waals surface area (Å²) in [4.78, 5) is 25.4. The minimum Gasteiger partial charge on any atom is -0.756 e. The molecule has 0 spiro atoms. The Hall–Kier alpha value is -1.28. The number of phosphoric ester groups is 1. The summed E-state index contributed by atoms with van der Waals surface area (Å²) in [6.45, 7) is 4.64. The van der Waals surface area contributed by atoms with E-state index in [-0.39, 0.29) is 19.1 Å². The second-order valence-corrected chi connectivity index (χ2v) is 19.9. The molecule has 0 bridgehead atoms. The van der Waals surface area contributed by atoms with Gasteiger partial charge in [-0.25, -0.2) is 0 Å². The van der Waals surface area contributed by atoms with Crippen LogP contribution < -0.4 is 10.2 Å². The van der Waals surface area contributed by atoms with Crippen LogP contribution in [0.5, 0.6) is 0 Å². The van der Waals surface area contributed by atoms with Crippen molar-refractivity contribution in [3.05, 3.63) is 36.5 Å². The quantitative estimate of drug-likeness (QED) is 0.0273. The van der Waals surface area contributed by atoms with Crippen LogP contribution in [0.3, 0.4) is 0 Å². The topological polar surface area (TPSA) is 108 Å². The summed E-state index contributed by atoms with van der Waals surface area (Å²) in [6.07, 6.45) is 53.4. The normalized spacial score (nSPS) is 14.4. The van der Waals surface area contributed by atoms with Crippen molar-refractivity contribution in [3.8, 4) is 0 Å². The predicted molar refractivity (Wildman–Crippen MR) is 256 cm³/mol. The van der Waals surface area contributed by atoms with Gasteiger partial charge in [0.15, 0.2) is 0 Å². The van der Waals surface area contributed by atoms with Crippen LogP contribution in [-0.2, 0) is 18.4 Å². The molecule has 3 unspecified atom stereocenters. The average molecular weight is 867 g/mol. The Morgan fingerprint density at radius 2 is 0.967 bits per heavy atom. The lowest BCUT2D eigenvalue weighted by molar-refractivity contribution is -0.870. The molecule has 0 saturated heterocycles. The Morgan fingerprint density at radius 3 is 1.38 bits per heavy atom. The number of aliphatic hydroxyl groups is 1. The number of hydrogen-bond acceptors (Lipinski definition) is 6. The summed E-state index contributed by atoms with van der Waals surface area (Å²) in [5, 5.41) is 13.8. The van der Waals surface area contributed by atoms with Gasteiger partial charge in [0.05, 0.1) is 39.9 Å². The van der Waals surface area contributed by atoms with Crippen LogP contribution in [-0.4, -0.2) is 68.5 Å². The Balaban J connectivity index is 4.21.